The van der Waals surface area contributed by atoms with Crippen molar-refractivity contribution in [2.24, 2.45) is 17.8 Å². The first kappa shape index (κ1) is 61.5. The lowest BCUT2D eigenvalue weighted by molar-refractivity contribution is -0.144. The molecule has 2 aliphatic carbocycles. The molecule has 0 radical (unpaired) electrons. The predicted octanol–water partition coefficient (Wildman–Crippen LogP) is 5.90. The van der Waals surface area contributed by atoms with E-state index in [1.807, 2.05) is 19.1 Å². The van der Waals surface area contributed by atoms with Crippen LogP contribution in [0.2, 0.25) is 0 Å². The molecule has 9 rings (SSSR count). The van der Waals surface area contributed by atoms with Crippen molar-refractivity contribution in [2.45, 2.75) is 149 Å². The van der Waals surface area contributed by atoms with Gasteiger partial charge in [-0.05, 0) is 105 Å². The molecule has 23 heteroatoms. The number of carbonyl (C=O) groups is 7. The van der Waals surface area contributed by atoms with Gasteiger partial charge in [-0.2, -0.15) is 0 Å². The van der Waals surface area contributed by atoms with Gasteiger partial charge in [-0.15, -0.1) is 5.10 Å². The maximum atomic E-state index is 14.2. The Hall–Kier alpha value is -8.05. The first-order chi connectivity index (χ1) is 41.1. The summed E-state index contributed by atoms with van der Waals surface area (Å²) in [6.45, 7) is 9.46. The molecule has 454 valence electrons. The number of rotatable bonds is 28. The van der Waals surface area contributed by atoms with Gasteiger partial charge < -0.3 is 49.9 Å². The summed E-state index contributed by atoms with van der Waals surface area (Å²) in [5.74, 6) is -1.36. The van der Waals surface area contributed by atoms with Crippen molar-refractivity contribution in [3.8, 4) is 17.1 Å². The fourth-order valence-corrected chi connectivity index (χ4v) is 12.1. The van der Waals surface area contributed by atoms with Crippen LogP contribution in [0, 0.1) is 17.8 Å². The Labute approximate surface area is 493 Å². The number of nitrogens with zero attached hydrogens (tertiary/aromatic N) is 6. The molecule has 2 aromatic carbocycles. The van der Waals surface area contributed by atoms with E-state index in [2.05, 4.69) is 38.5 Å². The van der Waals surface area contributed by atoms with Crippen molar-refractivity contribution in [2.75, 3.05) is 51.4 Å². The van der Waals surface area contributed by atoms with Crippen LogP contribution in [-0.2, 0) is 92.4 Å². The normalized spacial score (nSPS) is 19.3. The highest BCUT2D eigenvalue weighted by molar-refractivity contribution is 6.03. The van der Waals surface area contributed by atoms with E-state index >= 15 is 0 Å². The number of unbranched alkanes of at least 4 members (excludes halogenated alkanes) is 2. The number of likely N-dealkylation sites (tertiary alicyclic amines) is 1. The number of aryl methyl sites for hydroxylation is 1. The number of benzene rings is 2. The molecule has 4 aliphatic rings. The molecule has 0 spiro atoms. The molecule has 1 saturated carbocycles. The predicted molar refractivity (Wildman–Crippen MR) is 312 cm³/mol. The smallest absolute Gasteiger partial charge is 0.508 e. The van der Waals surface area contributed by atoms with Crippen molar-refractivity contribution in [3.05, 3.63) is 98.6 Å². The largest absolute Gasteiger partial charge is 0.509 e. The number of hydrogen-bond donors (Lipinski definition) is 5. The van der Waals surface area contributed by atoms with Crippen LogP contribution >= 0.6 is 0 Å². The summed E-state index contributed by atoms with van der Waals surface area (Å²) in [5, 5.41) is 31.4. The van der Waals surface area contributed by atoms with Gasteiger partial charge in [0, 0.05) is 78.1 Å². The van der Waals surface area contributed by atoms with Crippen molar-refractivity contribution in [3.63, 3.8) is 0 Å². The van der Waals surface area contributed by atoms with E-state index in [-0.39, 0.29) is 130 Å². The minimum atomic E-state index is -1.74. The lowest BCUT2D eigenvalue weighted by atomic mass is 9.76. The lowest BCUT2D eigenvalue weighted by Crippen LogP contribution is -2.46. The highest BCUT2D eigenvalue weighted by Gasteiger charge is 2.49. The van der Waals surface area contributed by atoms with Crippen molar-refractivity contribution in [1.29, 1.82) is 0 Å². The Morgan fingerprint density at radius 3 is 2.41 bits per heavy atom. The summed E-state index contributed by atoms with van der Waals surface area (Å²) in [6, 6.07) is 13.8. The first-order valence-corrected chi connectivity index (χ1v) is 29.9. The van der Waals surface area contributed by atoms with Gasteiger partial charge in [0.15, 0.2) is 11.4 Å². The lowest BCUT2D eigenvalue weighted by Gasteiger charge is -2.36. The zero-order valence-corrected chi connectivity index (χ0v) is 49.0. The summed E-state index contributed by atoms with van der Waals surface area (Å²) < 4.78 is 26.0. The number of carbonyl (C=O) groups excluding carboxylic acids is 7. The van der Waals surface area contributed by atoms with E-state index in [4.69, 9.17) is 23.9 Å². The van der Waals surface area contributed by atoms with Gasteiger partial charge in [-0.3, -0.25) is 38.5 Å². The minimum absolute atomic E-state index is 0.0207. The van der Waals surface area contributed by atoms with E-state index in [9.17, 15) is 43.5 Å². The molecule has 5 heterocycles. The van der Waals surface area contributed by atoms with Gasteiger partial charge >= 0.3 is 6.16 Å². The van der Waals surface area contributed by atoms with Crippen LogP contribution in [0.15, 0.2) is 59.5 Å². The number of Topliss-reactive ketones (excluding diaryl/α,β-unsaturated/α-hetero) is 1. The third kappa shape index (κ3) is 14.7. The fourth-order valence-electron chi connectivity index (χ4n) is 12.1. The van der Waals surface area contributed by atoms with Crippen molar-refractivity contribution < 1.29 is 57.6 Å². The van der Waals surface area contributed by atoms with E-state index in [0.717, 1.165) is 54.3 Å². The molecular weight excluding hydrogens is 1090 g/mol. The average Bonchev–Trinajstić information content (AvgIpc) is 1.76. The van der Waals surface area contributed by atoms with Crippen LogP contribution < -0.4 is 26.8 Å². The number of amides is 5. The summed E-state index contributed by atoms with van der Waals surface area (Å²) in [7, 11) is 0. The van der Waals surface area contributed by atoms with Crippen LogP contribution in [0.4, 0.5) is 10.5 Å². The molecule has 2 aliphatic heterocycles. The zero-order valence-electron chi connectivity index (χ0n) is 49.0. The van der Waals surface area contributed by atoms with Crippen LogP contribution in [0.1, 0.15) is 132 Å². The highest BCUT2D eigenvalue weighted by atomic mass is 16.7. The Bertz CT molecular complexity index is 3340. The maximum Gasteiger partial charge on any atom is 0.509 e. The minimum Gasteiger partial charge on any atom is -0.508 e. The standard InChI is InChI=1S/C62H78N10O13/c1-5-8-9-10-43(66-55(76)37-83-36-54(75)63-23-25-82-26-24-70-33-44(68-69-70)31-65-58(78)41-15-11-39(12-16-41)32-72-56(77)27-38(4)59(72)79)30-64-42-17-13-40(14-18-42)35-84-61(81)85-62(7-3)50-29-52-57-49(34-71(52)60(80)47(50)20-22-53(62)74)46(6-2)48-28-45(73)19-21-51(48)67-57/h13-14,17-19,21,28-29,33,38-39,41,43,64,73H,5-12,15-16,20,22-27,30-32,34-37H2,1-4H3,(H,63,75)(H,65,78)(H,66,76). The molecule has 3 atom stereocenters. The van der Waals surface area contributed by atoms with E-state index in [0.29, 0.717) is 97.8 Å². The number of ketones is 1. The molecule has 3 unspecified atom stereocenters. The summed E-state index contributed by atoms with van der Waals surface area (Å²) in [5.41, 5.74) is 4.49. The molecule has 3 aromatic heterocycles. The molecular formula is C62H78N10O13. The number of phenolic OH excluding ortho intramolecular Hbond substituents is 1. The molecule has 2 fully saturated rings. The Morgan fingerprint density at radius 2 is 1.67 bits per heavy atom. The second-order valence-corrected chi connectivity index (χ2v) is 22.7. The number of imide groups is 1. The topological polar surface area (TPSA) is 294 Å². The number of ether oxygens (including phenoxy) is 4. The van der Waals surface area contributed by atoms with Gasteiger partial charge in [0.2, 0.25) is 29.5 Å². The van der Waals surface area contributed by atoms with E-state index in [1.165, 1.54) is 4.90 Å². The van der Waals surface area contributed by atoms with Crippen molar-refractivity contribution >= 4 is 58.1 Å². The van der Waals surface area contributed by atoms with Gasteiger partial charge in [0.05, 0.1) is 55.9 Å². The monoisotopic (exact) mass is 1170 g/mol. The third-order valence-electron chi connectivity index (χ3n) is 16.8. The number of aromatic nitrogens is 5. The number of aromatic hydroxyl groups is 1. The Kier molecular flexibility index (Phi) is 20.4. The number of hydrogen-bond acceptors (Lipinski definition) is 17. The Balaban J connectivity index is 0.655. The van der Waals surface area contributed by atoms with Crippen LogP contribution in [-0.4, -0.2) is 128 Å². The number of phenols is 1. The molecule has 1 saturated heterocycles. The summed E-state index contributed by atoms with van der Waals surface area (Å²) >= 11 is 0. The second-order valence-electron chi connectivity index (χ2n) is 22.7. The van der Waals surface area contributed by atoms with Crippen LogP contribution in [0.3, 0.4) is 0 Å². The first-order valence-electron chi connectivity index (χ1n) is 29.9. The van der Waals surface area contributed by atoms with Gasteiger partial charge in [0.25, 0.3) is 5.56 Å². The highest BCUT2D eigenvalue weighted by Crippen LogP contribution is 2.43. The maximum absolute atomic E-state index is 14.2. The second kappa shape index (κ2) is 28.2. The number of nitrogens with one attached hydrogen (secondary N) is 4. The molecule has 23 nitrogen and oxygen atoms in total. The number of anilines is 1. The molecule has 85 heavy (non-hydrogen) atoms. The molecule has 0 bridgehead atoms. The zero-order chi connectivity index (χ0) is 60.2. The SMILES string of the molecule is CCCCCC(CNc1ccc(COC(=O)OC2(CC)C(=O)CCc3c2cc2n(c3=O)Cc3c-2nc2ccc(O)cc2c3CC)cc1)NC(=O)COCC(=O)NCCOCCn1cc(CNC(=O)C2CCC(CN3C(=O)CC(C)C3=O)CC2)nn1. The van der Waals surface area contributed by atoms with Crippen LogP contribution in [0.25, 0.3) is 22.3 Å². The summed E-state index contributed by atoms with van der Waals surface area (Å²) in [4.78, 5) is 111. The fraction of sp³-hybridized carbons (Fsp3) is 0.532. The van der Waals surface area contributed by atoms with E-state index < -0.39 is 17.7 Å². The van der Waals surface area contributed by atoms with Gasteiger partial charge in [-0.25, -0.2) is 14.5 Å². The van der Waals surface area contributed by atoms with Gasteiger partial charge in [-0.1, -0.05) is 64.3 Å². The molecule has 5 aromatic rings. The van der Waals surface area contributed by atoms with Gasteiger partial charge in [0.1, 0.15) is 31.3 Å². The molecule has 5 N–H and O–H groups in total. The van der Waals surface area contributed by atoms with Crippen LogP contribution in [0.5, 0.6) is 5.75 Å². The van der Waals surface area contributed by atoms with E-state index in [1.54, 1.807) is 65.7 Å². The van der Waals surface area contributed by atoms with Crippen molar-refractivity contribution in [1.82, 2.24) is 45.4 Å². The average molecular weight is 1170 g/mol. The number of fused-ring (bicyclic) bond motifs is 5. The Morgan fingerprint density at radius 1 is 0.882 bits per heavy atom. The number of pyridine rings is 2. The quantitative estimate of drug-likeness (QED) is 0.0217. The molecule has 5 amide bonds. The summed E-state index contributed by atoms with van der Waals surface area (Å²) in [6.07, 6.45) is 8.51. The third-order valence-corrected chi connectivity index (χ3v) is 16.8.